The number of aliphatic hydroxyl groups is 11. The predicted molar refractivity (Wildman–Crippen MR) is 232 cm³/mol. The standard InChI is InChI=1S/C48H82O17/c1-22(2)11-10-15-48(9,65-43-40(59)36(55)33(52)26(20-49)62-43)24-12-17-47(8)31(24)25(50)19-29-45(6)16-14-30(44(4,5)28(45)13-18-46(29,47)7)64-42-39(58)37(56)34(53)27(63-42)21-60-41-38(57)35(54)32(51)23(3)61-41/h11,23-43,49-59H,10,12-21H2,1-9H3/t23-,24?,25?,26+,27+,28?,29?,30?,31?,32-,33+,34+,35+,36-,37-,38+,39+,40+,41?,42?,43?,45?,46?,47+,48-/m0/s1. The van der Waals surface area contributed by atoms with Gasteiger partial charge in [-0.15, -0.1) is 0 Å². The van der Waals surface area contributed by atoms with E-state index in [4.69, 9.17) is 28.4 Å². The van der Waals surface area contributed by atoms with Crippen LogP contribution in [0, 0.1) is 45.3 Å². The maximum absolute atomic E-state index is 12.6. The van der Waals surface area contributed by atoms with Crippen molar-refractivity contribution < 1.29 is 84.6 Å². The molecule has 17 heteroatoms. The lowest BCUT2D eigenvalue weighted by molar-refractivity contribution is -0.345. The fourth-order valence-electron chi connectivity index (χ4n) is 14.7. The summed E-state index contributed by atoms with van der Waals surface area (Å²) in [5, 5.41) is 119. The number of hydrogen-bond donors (Lipinski definition) is 11. The number of rotatable bonds is 12. The van der Waals surface area contributed by atoms with Crippen LogP contribution < -0.4 is 0 Å². The lowest BCUT2D eigenvalue weighted by atomic mass is 9.35. The SMILES string of the molecule is CC(C)=CCC[C@](C)(OC1O[C@H](CO)[C@@H](O)[C@H](O)[C@H]1O)C1CC[C@]2(C)C1C(O)CC1C3(C)CCC(OC4O[C@H](COC5O[C@@H](C)[C@H](O)[C@@H](O)[C@H]5O)[C@@H](O)[C@H](O)[C@H]4O)C(C)(C)C3CCC12C. The molecule has 0 aromatic rings. The molecule has 0 radical (unpaired) electrons. The highest BCUT2D eigenvalue weighted by Gasteiger charge is 2.72. The van der Waals surface area contributed by atoms with Crippen LogP contribution >= 0.6 is 0 Å². The van der Waals surface area contributed by atoms with E-state index in [0.29, 0.717) is 25.7 Å². The Hall–Kier alpha value is -0.940. The molecule has 11 unspecified atom stereocenters. The first-order chi connectivity index (χ1) is 30.3. The van der Waals surface area contributed by atoms with Gasteiger partial charge >= 0.3 is 0 Å². The predicted octanol–water partition coefficient (Wildman–Crippen LogP) is 1.00. The van der Waals surface area contributed by atoms with E-state index in [2.05, 4.69) is 40.7 Å². The zero-order chi connectivity index (χ0) is 47.9. The maximum Gasteiger partial charge on any atom is 0.187 e. The quantitative estimate of drug-likeness (QED) is 0.0962. The number of hydrogen-bond acceptors (Lipinski definition) is 17. The monoisotopic (exact) mass is 931 g/mol. The molecule has 11 N–H and O–H groups in total. The lowest BCUT2D eigenvalue weighted by Crippen LogP contribution is -2.67. The highest BCUT2D eigenvalue weighted by molar-refractivity contribution is 5.20. The largest absolute Gasteiger partial charge is 0.394 e. The summed E-state index contributed by atoms with van der Waals surface area (Å²) in [4.78, 5) is 0. The second-order valence-electron chi connectivity index (χ2n) is 22.9. The van der Waals surface area contributed by atoms with Crippen LogP contribution in [-0.2, 0) is 28.4 Å². The van der Waals surface area contributed by atoms with E-state index in [1.54, 1.807) is 0 Å². The Bertz CT molecular complexity index is 1660. The van der Waals surface area contributed by atoms with Gasteiger partial charge in [0.25, 0.3) is 0 Å². The topological polar surface area (TPSA) is 278 Å². The molecule has 0 aromatic carbocycles. The van der Waals surface area contributed by atoms with Gasteiger partial charge in [0.2, 0.25) is 0 Å². The van der Waals surface area contributed by atoms with Gasteiger partial charge in [-0.2, -0.15) is 0 Å². The molecule has 17 nitrogen and oxygen atoms in total. The van der Waals surface area contributed by atoms with Crippen molar-refractivity contribution in [2.45, 2.75) is 230 Å². The second kappa shape index (κ2) is 19.0. The van der Waals surface area contributed by atoms with Gasteiger partial charge in [-0.05, 0) is 131 Å². The zero-order valence-corrected chi connectivity index (χ0v) is 39.8. The van der Waals surface area contributed by atoms with E-state index in [0.717, 1.165) is 37.7 Å². The van der Waals surface area contributed by atoms with E-state index in [-0.39, 0.29) is 46.5 Å². The fraction of sp³-hybridized carbons (Fsp3) is 0.958. The summed E-state index contributed by atoms with van der Waals surface area (Å²) >= 11 is 0. The molecule has 0 bridgehead atoms. The van der Waals surface area contributed by atoms with E-state index in [1.165, 1.54) is 6.92 Å². The van der Waals surface area contributed by atoms with Crippen LogP contribution in [-0.4, -0.2) is 179 Å². The zero-order valence-electron chi connectivity index (χ0n) is 39.8. The smallest absolute Gasteiger partial charge is 0.187 e. The average molecular weight is 931 g/mol. The summed E-state index contributed by atoms with van der Waals surface area (Å²) in [7, 11) is 0. The number of fused-ring (bicyclic) bond motifs is 5. The molecule has 4 aliphatic carbocycles. The van der Waals surface area contributed by atoms with Crippen LogP contribution in [0.1, 0.15) is 120 Å². The average Bonchev–Trinajstić information content (AvgIpc) is 3.63. The molecule has 4 saturated carbocycles. The van der Waals surface area contributed by atoms with Crippen LogP contribution in [0.3, 0.4) is 0 Å². The summed E-state index contributed by atoms with van der Waals surface area (Å²) < 4.78 is 36.7. The number of ether oxygens (including phenoxy) is 6. The van der Waals surface area contributed by atoms with Crippen molar-refractivity contribution in [3.8, 4) is 0 Å². The molecule has 3 aliphatic heterocycles. The molecule has 7 rings (SSSR count). The minimum atomic E-state index is -1.64. The number of aliphatic hydroxyl groups excluding tert-OH is 11. The summed E-state index contributed by atoms with van der Waals surface area (Å²) in [6, 6.07) is 0. The Kier molecular flexibility index (Phi) is 15.2. The Morgan fingerprint density at radius 3 is 1.89 bits per heavy atom. The third-order valence-corrected chi connectivity index (χ3v) is 18.7. The molecule has 0 spiro atoms. The Labute approximate surface area is 384 Å². The van der Waals surface area contributed by atoms with Gasteiger partial charge in [0.1, 0.15) is 67.1 Å². The molecular formula is C48H82O17. The molecule has 65 heavy (non-hydrogen) atoms. The first-order valence-corrected chi connectivity index (χ1v) is 24.2. The van der Waals surface area contributed by atoms with Crippen molar-refractivity contribution in [2.24, 2.45) is 45.3 Å². The van der Waals surface area contributed by atoms with E-state index >= 15 is 0 Å². The molecule has 7 aliphatic rings. The molecule has 3 heterocycles. The minimum absolute atomic E-state index is 0.141. The molecule has 0 amide bonds. The van der Waals surface area contributed by atoms with Crippen molar-refractivity contribution in [1.82, 2.24) is 0 Å². The third kappa shape index (κ3) is 8.84. The molecule has 25 atom stereocenters. The molecular weight excluding hydrogens is 849 g/mol. The van der Waals surface area contributed by atoms with Gasteiger partial charge in [0.15, 0.2) is 18.9 Å². The highest BCUT2D eigenvalue weighted by Crippen LogP contribution is 2.76. The van der Waals surface area contributed by atoms with Crippen molar-refractivity contribution in [3.63, 3.8) is 0 Å². The van der Waals surface area contributed by atoms with E-state index in [1.807, 2.05) is 20.8 Å². The van der Waals surface area contributed by atoms with Crippen LogP contribution in [0.4, 0.5) is 0 Å². The summed E-state index contributed by atoms with van der Waals surface area (Å²) in [5.74, 6) is -0.0150. The molecule has 376 valence electrons. The first kappa shape index (κ1) is 51.9. The fourth-order valence-corrected chi connectivity index (χ4v) is 14.7. The Morgan fingerprint density at radius 2 is 1.25 bits per heavy atom. The van der Waals surface area contributed by atoms with Gasteiger partial charge in [0, 0.05) is 0 Å². The number of allylic oxidation sites excluding steroid dienone is 2. The molecule has 3 saturated heterocycles. The molecule has 7 fully saturated rings. The maximum atomic E-state index is 12.6. The van der Waals surface area contributed by atoms with Gasteiger partial charge in [-0.3, -0.25) is 0 Å². The first-order valence-electron chi connectivity index (χ1n) is 24.2. The van der Waals surface area contributed by atoms with Crippen molar-refractivity contribution in [2.75, 3.05) is 13.2 Å². The van der Waals surface area contributed by atoms with Gasteiger partial charge < -0.3 is 84.6 Å². The Balaban J connectivity index is 1.08. The summed E-state index contributed by atoms with van der Waals surface area (Å²) in [6.45, 7) is 18.1. The highest BCUT2D eigenvalue weighted by atomic mass is 16.7. The third-order valence-electron chi connectivity index (χ3n) is 18.7. The van der Waals surface area contributed by atoms with Crippen LogP contribution in [0.15, 0.2) is 11.6 Å². The van der Waals surface area contributed by atoms with Crippen LogP contribution in [0.5, 0.6) is 0 Å². The van der Waals surface area contributed by atoms with Crippen LogP contribution in [0.2, 0.25) is 0 Å². The summed E-state index contributed by atoms with van der Waals surface area (Å²) in [6.07, 6.45) is -13.3. The summed E-state index contributed by atoms with van der Waals surface area (Å²) in [5.41, 5.74) is -0.913. The second-order valence-corrected chi connectivity index (χ2v) is 22.9. The van der Waals surface area contributed by atoms with Crippen molar-refractivity contribution in [3.05, 3.63) is 11.6 Å². The van der Waals surface area contributed by atoms with Crippen molar-refractivity contribution in [1.29, 1.82) is 0 Å². The van der Waals surface area contributed by atoms with E-state index < -0.39 is 122 Å². The van der Waals surface area contributed by atoms with Gasteiger partial charge in [0.05, 0.1) is 37.1 Å². The minimum Gasteiger partial charge on any atom is -0.394 e. The molecule has 0 aromatic heterocycles. The van der Waals surface area contributed by atoms with Crippen LogP contribution in [0.25, 0.3) is 0 Å². The van der Waals surface area contributed by atoms with Gasteiger partial charge in [-0.25, -0.2) is 0 Å². The normalized spacial score (nSPS) is 53.0. The van der Waals surface area contributed by atoms with E-state index in [9.17, 15) is 56.2 Å². The van der Waals surface area contributed by atoms with Gasteiger partial charge in [-0.1, -0.05) is 46.3 Å². The lowest BCUT2D eigenvalue weighted by Gasteiger charge is -2.71. The van der Waals surface area contributed by atoms with Crippen molar-refractivity contribution >= 4 is 0 Å². The Morgan fingerprint density at radius 1 is 0.662 bits per heavy atom.